The largest absolute Gasteiger partial charge is 0.493 e. The fourth-order valence-electron chi connectivity index (χ4n) is 5.84. The first-order valence-corrected chi connectivity index (χ1v) is 14.7. The molecule has 0 radical (unpaired) electrons. The number of aliphatic hydroxyl groups excluding tert-OH is 1. The van der Waals surface area contributed by atoms with E-state index in [0.29, 0.717) is 32.3 Å². The summed E-state index contributed by atoms with van der Waals surface area (Å²) in [6.45, 7) is 9.45. The lowest BCUT2D eigenvalue weighted by molar-refractivity contribution is -0.142. The number of fused-ring (bicyclic) bond motifs is 1. The third-order valence-corrected chi connectivity index (χ3v) is 8.20. The van der Waals surface area contributed by atoms with Gasteiger partial charge in [-0.1, -0.05) is 30.3 Å². The van der Waals surface area contributed by atoms with Gasteiger partial charge in [-0.3, -0.25) is 9.69 Å². The molecule has 3 aromatic rings. The van der Waals surface area contributed by atoms with E-state index in [1.165, 1.54) is 12.7 Å². The number of hydrogen-bond acceptors (Lipinski definition) is 9. The van der Waals surface area contributed by atoms with E-state index in [1.54, 1.807) is 0 Å². The van der Waals surface area contributed by atoms with Gasteiger partial charge in [-0.2, -0.15) is 4.98 Å². The average molecular weight is 575 g/mol. The highest BCUT2D eigenvalue weighted by Crippen LogP contribution is 2.34. The third kappa shape index (κ3) is 7.03. The van der Waals surface area contributed by atoms with Crippen molar-refractivity contribution in [2.75, 3.05) is 58.5 Å². The van der Waals surface area contributed by atoms with Crippen LogP contribution in [-0.2, 0) is 22.7 Å². The van der Waals surface area contributed by atoms with Gasteiger partial charge in [0.15, 0.2) is 0 Å². The van der Waals surface area contributed by atoms with Crippen LogP contribution >= 0.6 is 0 Å². The highest BCUT2D eigenvalue weighted by atomic mass is 16.5. The molecule has 0 bridgehead atoms. The number of ether oxygens (including phenoxy) is 3. The van der Waals surface area contributed by atoms with Crippen LogP contribution in [0.3, 0.4) is 0 Å². The number of carbonyl (C=O) groups is 1. The molecule has 9 heteroatoms. The average Bonchev–Trinajstić information content (AvgIpc) is 3.40. The number of anilines is 1. The molecule has 0 unspecified atom stereocenters. The molecule has 1 N–H and O–H groups in total. The maximum atomic E-state index is 11.7. The summed E-state index contributed by atoms with van der Waals surface area (Å²) in [7, 11) is 3.37. The van der Waals surface area contributed by atoms with Gasteiger partial charge in [0.25, 0.3) is 0 Å². The van der Waals surface area contributed by atoms with E-state index < -0.39 is 0 Å². The Morgan fingerprint density at radius 1 is 1.02 bits per heavy atom. The quantitative estimate of drug-likeness (QED) is 0.268. The predicted octanol–water partition coefficient (Wildman–Crippen LogP) is 4.16. The molecule has 9 nitrogen and oxygen atoms in total. The van der Waals surface area contributed by atoms with Crippen molar-refractivity contribution in [1.29, 1.82) is 0 Å². The zero-order valence-electron chi connectivity index (χ0n) is 25.1. The zero-order chi connectivity index (χ0) is 29.6. The number of aliphatic hydroxyl groups is 1. The third-order valence-electron chi connectivity index (χ3n) is 8.20. The molecule has 1 saturated heterocycles. The first-order valence-electron chi connectivity index (χ1n) is 14.7. The SMILES string of the molecule is COC(=O)CN1Cc2ccc(OCc3cccc(-c4cccc(OCCCN5CC[C@@H](O)C5)c4C)c3C)nc2N(C)C1. The summed E-state index contributed by atoms with van der Waals surface area (Å²) < 4.78 is 17.2. The van der Waals surface area contributed by atoms with Crippen molar-refractivity contribution in [2.24, 2.45) is 0 Å². The van der Waals surface area contributed by atoms with E-state index in [1.807, 2.05) is 35.0 Å². The number of rotatable bonds is 11. The van der Waals surface area contributed by atoms with E-state index in [4.69, 9.17) is 19.2 Å². The Kier molecular flexibility index (Phi) is 9.62. The zero-order valence-corrected chi connectivity index (χ0v) is 25.1. The van der Waals surface area contributed by atoms with Gasteiger partial charge in [0, 0.05) is 44.9 Å². The highest BCUT2D eigenvalue weighted by Gasteiger charge is 2.24. The summed E-state index contributed by atoms with van der Waals surface area (Å²) in [4.78, 5) is 22.8. The fraction of sp³-hybridized carbons (Fsp3) is 0.455. The van der Waals surface area contributed by atoms with Crippen molar-refractivity contribution in [3.8, 4) is 22.8 Å². The molecule has 2 aromatic carbocycles. The number of β-amino-alcohol motifs (C(OH)–C–C–N with tert-alkyl or cyclic N) is 1. The van der Waals surface area contributed by atoms with Crippen LogP contribution < -0.4 is 14.4 Å². The first kappa shape index (κ1) is 29.8. The summed E-state index contributed by atoms with van der Waals surface area (Å²) in [5.41, 5.74) is 6.75. The van der Waals surface area contributed by atoms with Crippen LogP contribution in [0.1, 0.15) is 35.1 Å². The number of esters is 1. The Hall–Kier alpha value is -3.66. The van der Waals surface area contributed by atoms with Crippen molar-refractivity contribution in [3.05, 3.63) is 70.8 Å². The predicted molar refractivity (Wildman–Crippen MR) is 163 cm³/mol. The maximum Gasteiger partial charge on any atom is 0.319 e. The molecule has 0 amide bonds. The molecule has 5 rings (SSSR count). The second kappa shape index (κ2) is 13.5. The van der Waals surface area contributed by atoms with Gasteiger partial charge < -0.3 is 29.1 Å². The summed E-state index contributed by atoms with van der Waals surface area (Å²) in [5, 5.41) is 9.73. The number of methoxy groups -OCH3 is 1. The van der Waals surface area contributed by atoms with Crippen molar-refractivity contribution < 1.29 is 24.1 Å². The Morgan fingerprint density at radius 3 is 2.57 bits per heavy atom. The van der Waals surface area contributed by atoms with E-state index in [0.717, 1.165) is 71.9 Å². The van der Waals surface area contributed by atoms with Gasteiger partial charge in [0.1, 0.15) is 18.2 Å². The number of aromatic nitrogens is 1. The van der Waals surface area contributed by atoms with Crippen LogP contribution in [0.25, 0.3) is 11.1 Å². The Bertz CT molecular complexity index is 1400. The van der Waals surface area contributed by atoms with E-state index >= 15 is 0 Å². The molecule has 42 heavy (non-hydrogen) atoms. The second-order valence-electron chi connectivity index (χ2n) is 11.3. The van der Waals surface area contributed by atoms with Gasteiger partial charge in [-0.05, 0) is 66.6 Å². The Labute approximate surface area is 248 Å². The molecule has 0 spiro atoms. The van der Waals surface area contributed by atoms with Crippen molar-refractivity contribution in [3.63, 3.8) is 0 Å². The first-order chi connectivity index (χ1) is 20.3. The molecule has 224 valence electrons. The number of pyridine rings is 1. The van der Waals surface area contributed by atoms with E-state index in [9.17, 15) is 9.90 Å². The Morgan fingerprint density at radius 2 is 1.81 bits per heavy atom. The molecular formula is C33H42N4O5. The normalized spacial score (nSPS) is 17.3. The van der Waals surface area contributed by atoms with Crippen LogP contribution in [0.2, 0.25) is 0 Å². The molecule has 2 aliphatic heterocycles. The summed E-state index contributed by atoms with van der Waals surface area (Å²) >= 11 is 0. The lowest BCUT2D eigenvalue weighted by Gasteiger charge is -2.34. The van der Waals surface area contributed by atoms with Crippen LogP contribution in [0.15, 0.2) is 48.5 Å². The van der Waals surface area contributed by atoms with Crippen molar-refractivity contribution in [1.82, 2.24) is 14.8 Å². The molecule has 1 atom stereocenters. The smallest absolute Gasteiger partial charge is 0.319 e. The minimum Gasteiger partial charge on any atom is -0.493 e. The van der Waals surface area contributed by atoms with Crippen LogP contribution in [-0.4, -0.2) is 85.6 Å². The number of carbonyl (C=O) groups excluding carboxylic acids is 1. The summed E-state index contributed by atoms with van der Waals surface area (Å²) in [5.74, 6) is 2.09. The number of nitrogens with zero attached hydrogens (tertiary/aromatic N) is 4. The van der Waals surface area contributed by atoms with Gasteiger partial charge in [0.05, 0.1) is 33.0 Å². The van der Waals surface area contributed by atoms with Crippen molar-refractivity contribution >= 4 is 11.8 Å². The molecule has 1 fully saturated rings. The molecule has 0 aliphatic carbocycles. The Balaban J connectivity index is 1.22. The monoisotopic (exact) mass is 574 g/mol. The van der Waals surface area contributed by atoms with Gasteiger partial charge in [-0.15, -0.1) is 0 Å². The fourth-order valence-corrected chi connectivity index (χ4v) is 5.84. The van der Waals surface area contributed by atoms with Gasteiger partial charge in [0.2, 0.25) is 5.88 Å². The van der Waals surface area contributed by atoms with Crippen LogP contribution in [0.4, 0.5) is 5.82 Å². The molecule has 0 saturated carbocycles. The number of hydrogen-bond donors (Lipinski definition) is 1. The molecule has 3 heterocycles. The van der Waals surface area contributed by atoms with Crippen LogP contribution in [0, 0.1) is 13.8 Å². The summed E-state index contributed by atoms with van der Waals surface area (Å²) in [6, 6.07) is 16.5. The van der Waals surface area contributed by atoms with Crippen molar-refractivity contribution in [2.45, 2.75) is 45.9 Å². The maximum absolute atomic E-state index is 11.7. The minimum atomic E-state index is -0.248. The minimum absolute atomic E-state index is 0.183. The summed E-state index contributed by atoms with van der Waals surface area (Å²) in [6.07, 6.45) is 1.61. The van der Waals surface area contributed by atoms with Crippen LogP contribution in [0.5, 0.6) is 11.6 Å². The lowest BCUT2D eigenvalue weighted by atomic mass is 9.93. The lowest BCUT2D eigenvalue weighted by Crippen LogP contribution is -2.43. The van der Waals surface area contributed by atoms with Gasteiger partial charge >= 0.3 is 5.97 Å². The van der Waals surface area contributed by atoms with E-state index in [-0.39, 0.29) is 18.6 Å². The molecule has 1 aromatic heterocycles. The number of benzene rings is 2. The number of likely N-dealkylation sites (tertiary alicyclic amines) is 1. The van der Waals surface area contributed by atoms with E-state index in [2.05, 4.69) is 49.1 Å². The molecular weight excluding hydrogens is 532 g/mol. The highest BCUT2D eigenvalue weighted by molar-refractivity contribution is 5.73. The standard InChI is InChI=1S/C33H42N4O5/c1-23-26(21-42-31-13-12-25-18-37(20-32(39)40-4)22-35(3)33(25)34-31)8-5-9-28(23)29-10-6-11-30(24(29)2)41-17-7-15-36-16-14-27(38)19-36/h5-6,8-13,27,38H,7,14-22H2,1-4H3/t27-/m1/s1. The topological polar surface area (TPSA) is 87.6 Å². The van der Waals surface area contributed by atoms with Gasteiger partial charge in [-0.25, -0.2) is 0 Å². The molecule has 2 aliphatic rings. The second-order valence-corrected chi connectivity index (χ2v) is 11.3.